The topological polar surface area (TPSA) is 77.2 Å². The number of anilines is 1. The van der Waals surface area contributed by atoms with Gasteiger partial charge >= 0.3 is 0 Å². The van der Waals surface area contributed by atoms with Crippen LogP contribution in [0.3, 0.4) is 0 Å². The van der Waals surface area contributed by atoms with Gasteiger partial charge in [-0.25, -0.2) is 4.98 Å². The number of pyridine rings is 1. The molecule has 18 heavy (non-hydrogen) atoms. The van der Waals surface area contributed by atoms with Crippen LogP contribution in [0, 0.1) is 0 Å². The van der Waals surface area contributed by atoms with Crippen molar-refractivity contribution in [3.63, 3.8) is 0 Å². The molecule has 1 saturated heterocycles. The van der Waals surface area contributed by atoms with Gasteiger partial charge in [0, 0.05) is 12.6 Å². The molecule has 1 aliphatic heterocycles. The number of ether oxygens (including phenoxy) is 1. The van der Waals surface area contributed by atoms with Crippen molar-refractivity contribution in [1.82, 2.24) is 10.3 Å². The number of hydrogen-bond donors (Lipinski definition) is 2. The van der Waals surface area contributed by atoms with Crippen molar-refractivity contribution in [2.75, 3.05) is 12.3 Å². The number of carbonyl (C=O) groups excluding carboxylic acids is 1. The van der Waals surface area contributed by atoms with E-state index >= 15 is 0 Å². The number of nitrogens with two attached hydrogens (primary N) is 1. The lowest BCUT2D eigenvalue weighted by atomic mass is 9.94. The Hall–Kier alpha value is -1.62. The molecule has 1 atom stereocenters. The summed E-state index contributed by atoms with van der Waals surface area (Å²) in [5.41, 5.74) is 6.31. The minimum absolute atomic E-state index is 0.139. The van der Waals surface area contributed by atoms with E-state index in [0.717, 1.165) is 12.8 Å². The fourth-order valence-corrected chi connectivity index (χ4v) is 2.15. The Morgan fingerprint density at radius 1 is 1.56 bits per heavy atom. The van der Waals surface area contributed by atoms with Crippen molar-refractivity contribution in [1.29, 1.82) is 0 Å². The highest BCUT2D eigenvalue weighted by Crippen LogP contribution is 2.24. The Morgan fingerprint density at radius 3 is 2.94 bits per heavy atom. The molecule has 0 aromatic carbocycles. The Kier molecular flexibility index (Phi) is 3.52. The standard InChI is InChI=1S/C13H19N3O2/c1-13(2)7-10(5-6-18-13)16-12(17)11-4-3-9(14)8-15-11/h3-4,8,10H,5-7,14H2,1-2H3,(H,16,17). The molecule has 0 aliphatic carbocycles. The molecule has 0 spiro atoms. The molecule has 98 valence electrons. The Balaban J connectivity index is 1.97. The SMILES string of the molecule is CC1(C)CC(NC(=O)c2ccc(N)cn2)CCO1. The fourth-order valence-electron chi connectivity index (χ4n) is 2.15. The molecule has 3 N–H and O–H groups in total. The molecule has 1 aromatic heterocycles. The van der Waals surface area contributed by atoms with E-state index in [2.05, 4.69) is 10.3 Å². The highest BCUT2D eigenvalue weighted by Gasteiger charge is 2.29. The number of aromatic nitrogens is 1. The summed E-state index contributed by atoms with van der Waals surface area (Å²) in [5, 5.41) is 2.99. The van der Waals surface area contributed by atoms with Crippen LogP contribution in [-0.4, -0.2) is 29.1 Å². The molecule has 0 saturated carbocycles. The molecule has 2 rings (SSSR count). The van der Waals surface area contributed by atoms with E-state index in [-0.39, 0.29) is 17.6 Å². The van der Waals surface area contributed by atoms with Crippen LogP contribution in [-0.2, 0) is 4.74 Å². The Morgan fingerprint density at radius 2 is 2.33 bits per heavy atom. The Bertz CT molecular complexity index is 428. The quantitative estimate of drug-likeness (QED) is 0.829. The van der Waals surface area contributed by atoms with Crippen LogP contribution in [0.4, 0.5) is 5.69 Å². The molecule has 1 aromatic rings. The zero-order valence-electron chi connectivity index (χ0n) is 10.8. The van der Waals surface area contributed by atoms with E-state index in [0.29, 0.717) is 18.0 Å². The van der Waals surface area contributed by atoms with E-state index < -0.39 is 0 Å². The second kappa shape index (κ2) is 4.94. The average molecular weight is 249 g/mol. The molecular weight excluding hydrogens is 230 g/mol. The van der Waals surface area contributed by atoms with Crippen molar-refractivity contribution >= 4 is 11.6 Å². The van der Waals surface area contributed by atoms with Gasteiger partial charge in [-0.05, 0) is 38.8 Å². The van der Waals surface area contributed by atoms with Gasteiger partial charge in [-0.1, -0.05) is 0 Å². The molecule has 2 heterocycles. The van der Waals surface area contributed by atoms with Crippen LogP contribution in [0.1, 0.15) is 37.2 Å². The van der Waals surface area contributed by atoms with E-state index in [4.69, 9.17) is 10.5 Å². The van der Waals surface area contributed by atoms with Crippen LogP contribution in [0.2, 0.25) is 0 Å². The summed E-state index contributed by atoms with van der Waals surface area (Å²) in [5.74, 6) is -0.155. The summed E-state index contributed by atoms with van der Waals surface area (Å²) < 4.78 is 5.62. The summed E-state index contributed by atoms with van der Waals surface area (Å²) >= 11 is 0. The third-order valence-electron chi connectivity index (χ3n) is 3.05. The first-order valence-corrected chi connectivity index (χ1v) is 6.13. The zero-order chi connectivity index (χ0) is 13.2. The summed E-state index contributed by atoms with van der Waals surface area (Å²) in [6, 6.07) is 3.45. The predicted octanol–water partition coefficient (Wildman–Crippen LogP) is 1.35. The van der Waals surface area contributed by atoms with E-state index in [1.165, 1.54) is 6.20 Å². The molecule has 5 nitrogen and oxygen atoms in total. The summed E-state index contributed by atoms with van der Waals surface area (Å²) in [7, 11) is 0. The largest absolute Gasteiger partial charge is 0.397 e. The number of nitrogens with one attached hydrogen (secondary N) is 1. The van der Waals surface area contributed by atoms with Gasteiger partial charge in [-0.2, -0.15) is 0 Å². The van der Waals surface area contributed by atoms with Crippen LogP contribution >= 0.6 is 0 Å². The van der Waals surface area contributed by atoms with Crippen LogP contribution in [0.15, 0.2) is 18.3 Å². The molecule has 5 heteroatoms. The lowest BCUT2D eigenvalue weighted by Crippen LogP contribution is -2.45. The van der Waals surface area contributed by atoms with Crippen molar-refractivity contribution in [2.24, 2.45) is 0 Å². The van der Waals surface area contributed by atoms with Crippen LogP contribution in [0.25, 0.3) is 0 Å². The van der Waals surface area contributed by atoms with Gasteiger partial charge in [-0.3, -0.25) is 4.79 Å². The van der Waals surface area contributed by atoms with Crippen molar-refractivity contribution in [3.05, 3.63) is 24.0 Å². The van der Waals surface area contributed by atoms with E-state index in [1.807, 2.05) is 13.8 Å². The zero-order valence-corrected chi connectivity index (χ0v) is 10.8. The number of amides is 1. The number of nitrogens with zero attached hydrogens (tertiary/aromatic N) is 1. The van der Waals surface area contributed by atoms with E-state index in [1.54, 1.807) is 12.1 Å². The number of rotatable bonds is 2. The van der Waals surface area contributed by atoms with Gasteiger partial charge in [0.2, 0.25) is 0 Å². The second-order valence-corrected chi connectivity index (χ2v) is 5.25. The predicted molar refractivity (Wildman–Crippen MR) is 69.2 cm³/mol. The second-order valence-electron chi connectivity index (χ2n) is 5.25. The van der Waals surface area contributed by atoms with Crippen LogP contribution in [0.5, 0.6) is 0 Å². The van der Waals surface area contributed by atoms with Gasteiger partial charge in [0.25, 0.3) is 5.91 Å². The van der Waals surface area contributed by atoms with Gasteiger partial charge in [0.1, 0.15) is 5.69 Å². The molecule has 1 fully saturated rings. The molecule has 0 bridgehead atoms. The Labute approximate surface area is 107 Å². The smallest absolute Gasteiger partial charge is 0.270 e. The lowest BCUT2D eigenvalue weighted by Gasteiger charge is -2.35. The molecule has 1 amide bonds. The number of hydrogen-bond acceptors (Lipinski definition) is 4. The summed E-state index contributed by atoms with van der Waals surface area (Å²) in [6.07, 6.45) is 3.14. The van der Waals surface area contributed by atoms with Crippen molar-refractivity contribution < 1.29 is 9.53 Å². The lowest BCUT2D eigenvalue weighted by molar-refractivity contribution is -0.0615. The number of nitrogen functional groups attached to an aromatic ring is 1. The van der Waals surface area contributed by atoms with Gasteiger partial charge in [0.05, 0.1) is 17.5 Å². The molecule has 0 radical (unpaired) electrons. The normalized spacial score (nSPS) is 22.4. The third-order valence-corrected chi connectivity index (χ3v) is 3.05. The minimum Gasteiger partial charge on any atom is -0.397 e. The fraction of sp³-hybridized carbons (Fsp3) is 0.538. The van der Waals surface area contributed by atoms with E-state index in [9.17, 15) is 4.79 Å². The van der Waals surface area contributed by atoms with Crippen molar-refractivity contribution in [2.45, 2.75) is 38.3 Å². The minimum atomic E-state index is -0.176. The van der Waals surface area contributed by atoms with Gasteiger partial charge < -0.3 is 15.8 Å². The first-order chi connectivity index (χ1) is 8.46. The maximum Gasteiger partial charge on any atom is 0.270 e. The summed E-state index contributed by atoms with van der Waals surface area (Å²) in [4.78, 5) is 16.0. The highest BCUT2D eigenvalue weighted by atomic mass is 16.5. The first kappa shape index (κ1) is 12.8. The summed E-state index contributed by atoms with van der Waals surface area (Å²) in [6.45, 7) is 4.74. The highest BCUT2D eigenvalue weighted by molar-refractivity contribution is 5.92. The number of carbonyl (C=O) groups is 1. The van der Waals surface area contributed by atoms with Crippen molar-refractivity contribution in [3.8, 4) is 0 Å². The first-order valence-electron chi connectivity index (χ1n) is 6.13. The monoisotopic (exact) mass is 249 g/mol. The van der Waals surface area contributed by atoms with Crippen LogP contribution < -0.4 is 11.1 Å². The average Bonchev–Trinajstić information content (AvgIpc) is 2.28. The molecule has 1 aliphatic rings. The molecule has 1 unspecified atom stereocenters. The molecular formula is C13H19N3O2. The van der Waals surface area contributed by atoms with Gasteiger partial charge in [0.15, 0.2) is 0 Å². The maximum atomic E-state index is 12.0. The third kappa shape index (κ3) is 3.20. The van der Waals surface area contributed by atoms with Gasteiger partial charge in [-0.15, -0.1) is 0 Å². The maximum absolute atomic E-state index is 12.0.